The number of carbonyl (C=O) groups is 2. The molecule has 0 radical (unpaired) electrons. The number of carbonyl (C=O) groups excluding carboxylic acids is 2. The molecule has 0 spiro atoms. The van der Waals surface area contributed by atoms with Crippen LogP contribution in [-0.4, -0.2) is 35.2 Å². The Labute approximate surface area is 151 Å². The maximum absolute atomic E-state index is 12.7. The van der Waals surface area contributed by atoms with Gasteiger partial charge in [-0.3, -0.25) is 14.6 Å². The average Bonchev–Trinajstić information content (AvgIpc) is 2.61. The predicted molar refractivity (Wildman–Crippen MR) is 91.4 cm³/mol. The molecule has 1 unspecified atom stereocenters. The summed E-state index contributed by atoms with van der Waals surface area (Å²) in [7, 11) is 1.60. The second-order valence-electron chi connectivity index (χ2n) is 7.15. The summed E-state index contributed by atoms with van der Waals surface area (Å²) >= 11 is 0. The van der Waals surface area contributed by atoms with Gasteiger partial charge >= 0.3 is 0 Å². The molecule has 1 aromatic heterocycles. The Balaban J connectivity index is 2.04. The number of nitrogens with zero attached hydrogens (tertiary/aromatic N) is 3. The Hall–Kier alpha value is -2.62. The SMILES string of the molecule is CN(CCC1C=C(C#N)C(=O)C(C)(C)C1)C(=O)c1ccnc(C(F)F)c1. The van der Waals surface area contributed by atoms with E-state index in [1.807, 2.05) is 19.9 Å². The number of ketones is 1. The highest BCUT2D eigenvalue weighted by Crippen LogP contribution is 2.36. The van der Waals surface area contributed by atoms with Gasteiger partial charge in [0.15, 0.2) is 5.78 Å². The molecule has 1 aliphatic rings. The van der Waals surface area contributed by atoms with Gasteiger partial charge in [0.25, 0.3) is 12.3 Å². The van der Waals surface area contributed by atoms with Gasteiger partial charge in [-0.25, -0.2) is 8.78 Å². The van der Waals surface area contributed by atoms with Crippen LogP contribution in [0.3, 0.4) is 0 Å². The van der Waals surface area contributed by atoms with Gasteiger partial charge in [0.2, 0.25) is 0 Å². The first-order valence-corrected chi connectivity index (χ1v) is 8.32. The van der Waals surface area contributed by atoms with Gasteiger partial charge in [0.05, 0.1) is 5.57 Å². The van der Waals surface area contributed by atoms with Crippen molar-refractivity contribution in [2.45, 2.75) is 33.1 Å². The van der Waals surface area contributed by atoms with Crippen LogP contribution in [0.4, 0.5) is 8.78 Å². The minimum atomic E-state index is -2.73. The summed E-state index contributed by atoms with van der Waals surface area (Å²) in [5.41, 5.74) is -0.718. The molecule has 2 rings (SSSR count). The largest absolute Gasteiger partial charge is 0.342 e. The molecule has 0 fully saturated rings. The number of aromatic nitrogens is 1. The highest BCUT2D eigenvalue weighted by Gasteiger charge is 2.36. The van der Waals surface area contributed by atoms with E-state index in [9.17, 15) is 18.4 Å². The molecule has 7 heteroatoms. The number of alkyl halides is 2. The molecule has 1 amide bonds. The number of hydrogen-bond donors (Lipinski definition) is 0. The monoisotopic (exact) mass is 361 g/mol. The standard InChI is InChI=1S/C19H21F2N3O2/c1-19(2)10-12(8-14(11-22)16(19)25)5-7-24(3)18(26)13-4-6-23-15(9-13)17(20)21/h4,6,8-9,12,17H,5,7,10H2,1-3H3. The summed E-state index contributed by atoms with van der Waals surface area (Å²) < 4.78 is 25.5. The molecule has 1 heterocycles. The zero-order chi connectivity index (χ0) is 19.5. The van der Waals surface area contributed by atoms with Gasteiger partial charge in [0, 0.05) is 30.8 Å². The lowest BCUT2D eigenvalue weighted by Gasteiger charge is -2.32. The zero-order valence-corrected chi connectivity index (χ0v) is 15.0. The molecule has 0 saturated carbocycles. The van der Waals surface area contributed by atoms with Gasteiger partial charge in [-0.15, -0.1) is 0 Å². The third-order valence-electron chi connectivity index (χ3n) is 4.59. The van der Waals surface area contributed by atoms with Crippen molar-refractivity contribution in [1.82, 2.24) is 9.88 Å². The molecule has 0 aliphatic heterocycles. The van der Waals surface area contributed by atoms with E-state index in [0.717, 1.165) is 6.07 Å². The van der Waals surface area contributed by atoms with Gasteiger partial charge in [0.1, 0.15) is 11.8 Å². The lowest BCUT2D eigenvalue weighted by molar-refractivity contribution is -0.124. The molecule has 26 heavy (non-hydrogen) atoms. The topological polar surface area (TPSA) is 74.1 Å². The fourth-order valence-corrected chi connectivity index (χ4v) is 3.14. The maximum atomic E-state index is 12.7. The quantitative estimate of drug-likeness (QED) is 0.804. The number of nitriles is 1. The van der Waals surface area contributed by atoms with Crippen LogP contribution in [-0.2, 0) is 4.79 Å². The van der Waals surface area contributed by atoms with E-state index < -0.39 is 17.5 Å². The fourth-order valence-electron chi connectivity index (χ4n) is 3.14. The maximum Gasteiger partial charge on any atom is 0.280 e. The molecule has 1 atom stereocenters. The minimum Gasteiger partial charge on any atom is -0.342 e. The highest BCUT2D eigenvalue weighted by molar-refractivity contribution is 6.03. The zero-order valence-electron chi connectivity index (χ0n) is 15.0. The lowest BCUT2D eigenvalue weighted by atomic mass is 9.71. The Bertz CT molecular complexity index is 781. The van der Waals surface area contributed by atoms with Crippen LogP contribution in [0, 0.1) is 22.7 Å². The molecule has 138 valence electrons. The predicted octanol–water partition coefficient (Wildman–Crippen LogP) is 3.55. The summed E-state index contributed by atoms with van der Waals surface area (Å²) in [6, 6.07) is 4.45. The second-order valence-corrected chi connectivity index (χ2v) is 7.15. The van der Waals surface area contributed by atoms with E-state index in [2.05, 4.69) is 4.98 Å². The van der Waals surface area contributed by atoms with Crippen LogP contribution in [0.25, 0.3) is 0 Å². The van der Waals surface area contributed by atoms with Crippen LogP contribution in [0.15, 0.2) is 30.0 Å². The van der Waals surface area contributed by atoms with Gasteiger partial charge in [-0.05, 0) is 30.9 Å². The first kappa shape index (κ1) is 19.7. The Morgan fingerprint density at radius 3 is 2.81 bits per heavy atom. The van der Waals surface area contributed by atoms with E-state index in [-0.39, 0.29) is 28.7 Å². The van der Waals surface area contributed by atoms with Crippen molar-refractivity contribution in [3.63, 3.8) is 0 Å². The van der Waals surface area contributed by atoms with Crippen molar-refractivity contribution in [3.8, 4) is 6.07 Å². The van der Waals surface area contributed by atoms with Crippen LogP contribution >= 0.6 is 0 Å². The highest BCUT2D eigenvalue weighted by atomic mass is 19.3. The number of allylic oxidation sites excluding steroid dienone is 2. The van der Waals surface area contributed by atoms with E-state index in [1.54, 1.807) is 13.1 Å². The molecule has 0 aromatic carbocycles. The first-order valence-electron chi connectivity index (χ1n) is 8.32. The molecular formula is C19H21F2N3O2. The summed E-state index contributed by atoms with van der Waals surface area (Å²) in [6.07, 6.45) is 1.32. The van der Waals surface area contributed by atoms with E-state index in [0.29, 0.717) is 19.4 Å². The Morgan fingerprint density at radius 1 is 1.50 bits per heavy atom. The van der Waals surface area contributed by atoms with E-state index in [4.69, 9.17) is 5.26 Å². The molecule has 0 bridgehead atoms. The van der Waals surface area contributed by atoms with Crippen molar-refractivity contribution in [2.24, 2.45) is 11.3 Å². The smallest absolute Gasteiger partial charge is 0.280 e. The van der Waals surface area contributed by atoms with Gasteiger partial charge < -0.3 is 4.90 Å². The number of halogens is 2. The number of hydrogen-bond acceptors (Lipinski definition) is 4. The fraction of sp³-hybridized carbons (Fsp3) is 0.474. The van der Waals surface area contributed by atoms with Gasteiger partial charge in [-0.1, -0.05) is 19.9 Å². The number of Topliss-reactive ketones (excluding diaryl/α,β-unsaturated/α-hetero) is 1. The van der Waals surface area contributed by atoms with Crippen LogP contribution < -0.4 is 0 Å². The van der Waals surface area contributed by atoms with Crippen LogP contribution in [0.1, 0.15) is 49.2 Å². The van der Waals surface area contributed by atoms with Crippen LogP contribution in [0.2, 0.25) is 0 Å². The molecule has 5 nitrogen and oxygen atoms in total. The normalized spacial score (nSPS) is 19.0. The molecule has 1 aromatic rings. The van der Waals surface area contributed by atoms with Crippen molar-refractivity contribution >= 4 is 11.7 Å². The van der Waals surface area contributed by atoms with Crippen molar-refractivity contribution in [2.75, 3.05) is 13.6 Å². The first-order chi connectivity index (χ1) is 12.2. The van der Waals surface area contributed by atoms with Crippen molar-refractivity contribution in [3.05, 3.63) is 41.2 Å². The minimum absolute atomic E-state index is 0.00154. The van der Waals surface area contributed by atoms with Crippen LogP contribution in [0.5, 0.6) is 0 Å². The summed E-state index contributed by atoms with van der Waals surface area (Å²) in [5, 5.41) is 9.13. The molecule has 1 aliphatic carbocycles. The molecular weight excluding hydrogens is 340 g/mol. The molecule has 0 N–H and O–H groups in total. The number of rotatable bonds is 5. The number of pyridine rings is 1. The lowest BCUT2D eigenvalue weighted by Crippen LogP contribution is -2.34. The average molecular weight is 361 g/mol. The third kappa shape index (κ3) is 4.31. The Kier molecular flexibility index (Phi) is 5.86. The summed E-state index contributed by atoms with van der Waals surface area (Å²) in [6.45, 7) is 4.00. The third-order valence-corrected chi connectivity index (χ3v) is 4.59. The van der Waals surface area contributed by atoms with Crippen molar-refractivity contribution in [1.29, 1.82) is 5.26 Å². The van der Waals surface area contributed by atoms with E-state index >= 15 is 0 Å². The number of amides is 1. The molecule has 0 saturated heterocycles. The second kappa shape index (κ2) is 7.73. The van der Waals surface area contributed by atoms with Gasteiger partial charge in [-0.2, -0.15) is 5.26 Å². The van der Waals surface area contributed by atoms with Crippen molar-refractivity contribution < 1.29 is 18.4 Å². The Morgan fingerprint density at radius 2 is 2.19 bits per heavy atom. The van der Waals surface area contributed by atoms with E-state index in [1.165, 1.54) is 17.2 Å². The summed E-state index contributed by atoms with van der Waals surface area (Å²) in [5.74, 6) is -0.524. The summed E-state index contributed by atoms with van der Waals surface area (Å²) in [4.78, 5) is 29.5.